The molecule has 0 aliphatic heterocycles. The van der Waals surface area contributed by atoms with Gasteiger partial charge in [0.25, 0.3) is 0 Å². The summed E-state index contributed by atoms with van der Waals surface area (Å²) in [4.78, 5) is 11.0. The molecule has 0 saturated heterocycles. The topological polar surface area (TPSA) is 55.1 Å². The van der Waals surface area contributed by atoms with Gasteiger partial charge >= 0.3 is 0 Å². The minimum absolute atomic E-state index is 0.0619. The maximum absolute atomic E-state index is 11.0. The molecule has 76 valence electrons. The van der Waals surface area contributed by atoms with Gasteiger partial charge in [-0.1, -0.05) is 13.0 Å². The summed E-state index contributed by atoms with van der Waals surface area (Å²) in [5, 5.41) is 2.82. The van der Waals surface area contributed by atoms with Crippen LogP contribution in [0.2, 0.25) is 0 Å². The normalized spacial score (nSPS) is 9.86. The third-order valence-corrected chi connectivity index (χ3v) is 2.17. The largest absolute Gasteiger partial charge is 0.399 e. The Bertz CT molecular complexity index is 334. The third kappa shape index (κ3) is 2.76. The van der Waals surface area contributed by atoms with Gasteiger partial charge in [0, 0.05) is 18.7 Å². The van der Waals surface area contributed by atoms with Gasteiger partial charge in [-0.3, -0.25) is 4.79 Å². The Hall–Kier alpha value is -1.51. The van der Waals surface area contributed by atoms with Crippen molar-refractivity contribution >= 4 is 11.6 Å². The third-order valence-electron chi connectivity index (χ3n) is 2.17. The number of anilines is 1. The van der Waals surface area contributed by atoms with Crippen LogP contribution in [0.1, 0.15) is 24.5 Å². The minimum Gasteiger partial charge on any atom is -0.399 e. The predicted molar refractivity (Wildman–Crippen MR) is 57.7 cm³/mol. The molecular weight excluding hydrogens is 176 g/mol. The van der Waals surface area contributed by atoms with E-state index in [-0.39, 0.29) is 5.91 Å². The number of nitrogen functional groups attached to an aromatic ring is 1. The Morgan fingerprint density at radius 3 is 2.86 bits per heavy atom. The van der Waals surface area contributed by atoms with Crippen LogP contribution in [0, 0.1) is 6.92 Å². The van der Waals surface area contributed by atoms with Gasteiger partial charge in [0.1, 0.15) is 0 Å². The van der Waals surface area contributed by atoms with Crippen molar-refractivity contribution in [1.82, 2.24) is 5.32 Å². The summed E-state index contributed by atoms with van der Waals surface area (Å²) >= 11 is 0. The molecule has 0 fully saturated rings. The number of benzene rings is 1. The molecule has 1 rings (SSSR count). The molecule has 3 heteroatoms. The summed E-state index contributed by atoms with van der Waals surface area (Å²) in [6.07, 6.45) is 0.515. The number of nitrogens with two attached hydrogens (primary N) is 1. The lowest BCUT2D eigenvalue weighted by Gasteiger charge is -2.07. The summed E-state index contributed by atoms with van der Waals surface area (Å²) in [7, 11) is 0. The molecule has 0 bridgehead atoms. The second kappa shape index (κ2) is 4.65. The fourth-order valence-electron chi connectivity index (χ4n) is 1.20. The van der Waals surface area contributed by atoms with Crippen LogP contribution >= 0.6 is 0 Å². The van der Waals surface area contributed by atoms with Crippen LogP contribution in [0.25, 0.3) is 0 Å². The molecule has 1 aromatic carbocycles. The van der Waals surface area contributed by atoms with Crippen molar-refractivity contribution in [3.8, 4) is 0 Å². The maximum Gasteiger partial charge on any atom is 0.219 e. The lowest BCUT2D eigenvalue weighted by atomic mass is 10.1. The van der Waals surface area contributed by atoms with E-state index < -0.39 is 0 Å². The van der Waals surface area contributed by atoms with E-state index in [1.807, 2.05) is 32.0 Å². The smallest absolute Gasteiger partial charge is 0.219 e. The van der Waals surface area contributed by atoms with Gasteiger partial charge < -0.3 is 11.1 Å². The standard InChI is InChI=1S/C11H16N2O/c1-3-11(14)13-7-9-6-10(12)5-4-8(9)2/h4-6H,3,7,12H2,1-2H3,(H,13,14). The van der Waals surface area contributed by atoms with Crippen LogP contribution in [0.5, 0.6) is 0 Å². The van der Waals surface area contributed by atoms with E-state index >= 15 is 0 Å². The average Bonchev–Trinajstić information content (AvgIpc) is 2.19. The van der Waals surface area contributed by atoms with Gasteiger partial charge in [0.2, 0.25) is 5.91 Å². The summed E-state index contributed by atoms with van der Waals surface area (Å²) in [6.45, 7) is 4.40. The number of aryl methyl sites for hydroxylation is 1. The molecule has 14 heavy (non-hydrogen) atoms. The number of carbonyl (C=O) groups excluding carboxylic acids is 1. The molecule has 0 radical (unpaired) electrons. The number of carbonyl (C=O) groups is 1. The highest BCUT2D eigenvalue weighted by atomic mass is 16.1. The zero-order chi connectivity index (χ0) is 10.6. The molecule has 1 amide bonds. The molecule has 0 spiro atoms. The summed E-state index contributed by atoms with van der Waals surface area (Å²) in [5.41, 5.74) is 8.61. The van der Waals surface area contributed by atoms with Crippen molar-refractivity contribution in [2.45, 2.75) is 26.8 Å². The first-order valence-corrected chi connectivity index (χ1v) is 4.75. The van der Waals surface area contributed by atoms with Gasteiger partial charge in [-0.15, -0.1) is 0 Å². The van der Waals surface area contributed by atoms with Gasteiger partial charge in [-0.05, 0) is 30.2 Å². The van der Waals surface area contributed by atoms with Crippen molar-refractivity contribution in [1.29, 1.82) is 0 Å². The van der Waals surface area contributed by atoms with Crippen molar-refractivity contribution in [2.24, 2.45) is 0 Å². The highest BCUT2D eigenvalue weighted by Gasteiger charge is 2.01. The molecule has 0 aliphatic rings. The summed E-state index contributed by atoms with van der Waals surface area (Å²) in [6, 6.07) is 5.72. The van der Waals surface area contributed by atoms with Gasteiger partial charge in [-0.25, -0.2) is 0 Å². The molecule has 0 saturated carbocycles. The van der Waals surface area contributed by atoms with Crippen molar-refractivity contribution in [3.63, 3.8) is 0 Å². The van der Waals surface area contributed by atoms with E-state index in [9.17, 15) is 4.79 Å². The fourth-order valence-corrected chi connectivity index (χ4v) is 1.20. The lowest BCUT2D eigenvalue weighted by Crippen LogP contribution is -2.21. The predicted octanol–water partition coefficient (Wildman–Crippen LogP) is 1.60. The number of rotatable bonds is 3. The highest BCUT2D eigenvalue weighted by Crippen LogP contribution is 2.12. The molecule has 0 aromatic heterocycles. The van der Waals surface area contributed by atoms with Crippen molar-refractivity contribution < 1.29 is 4.79 Å². The summed E-state index contributed by atoms with van der Waals surface area (Å²) in [5.74, 6) is 0.0619. The van der Waals surface area contributed by atoms with E-state index in [2.05, 4.69) is 5.32 Å². The zero-order valence-electron chi connectivity index (χ0n) is 8.63. The average molecular weight is 192 g/mol. The molecule has 0 unspecified atom stereocenters. The lowest BCUT2D eigenvalue weighted by molar-refractivity contribution is -0.120. The van der Waals surface area contributed by atoms with Crippen LogP contribution in [0.4, 0.5) is 5.69 Å². The van der Waals surface area contributed by atoms with Crippen LogP contribution in [0.15, 0.2) is 18.2 Å². The second-order valence-electron chi connectivity index (χ2n) is 3.32. The first-order valence-electron chi connectivity index (χ1n) is 4.75. The molecule has 0 heterocycles. The summed E-state index contributed by atoms with van der Waals surface area (Å²) < 4.78 is 0. The Labute approximate surface area is 84.3 Å². The zero-order valence-corrected chi connectivity index (χ0v) is 8.63. The van der Waals surface area contributed by atoms with Crippen LogP contribution < -0.4 is 11.1 Å². The Morgan fingerprint density at radius 2 is 2.21 bits per heavy atom. The minimum atomic E-state index is 0.0619. The number of hydrogen-bond donors (Lipinski definition) is 2. The van der Waals surface area contributed by atoms with E-state index in [1.165, 1.54) is 0 Å². The Kier molecular flexibility index (Phi) is 3.51. The quantitative estimate of drug-likeness (QED) is 0.715. The van der Waals surface area contributed by atoms with E-state index in [0.29, 0.717) is 13.0 Å². The highest BCUT2D eigenvalue weighted by molar-refractivity contribution is 5.75. The molecule has 0 aliphatic carbocycles. The maximum atomic E-state index is 11.0. The van der Waals surface area contributed by atoms with Gasteiger partial charge in [-0.2, -0.15) is 0 Å². The number of nitrogens with one attached hydrogen (secondary N) is 1. The Morgan fingerprint density at radius 1 is 1.50 bits per heavy atom. The number of amides is 1. The van der Waals surface area contributed by atoms with Gasteiger partial charge in [0.15, 0.2) is 0 Å². The van der Waals surface area contributed by atoms with Crippen molar-refractivity contribution in [3.05, 3.63) is 29.3 Å². The molecule has 3 N–H and O–H groups in total. The molecule has 0 atom stereocenters. The SMILES string of the molecule is CCC(=O)NCc1cc(N)ccc1C. The van der Waals surface area contributed by atoms with Crippen LogP contribution in [0.3, 0.4) is 0 Å². The van der Waals surface area contributed by atoms with E-state index in [4.69, 9.17) is 5.73 Å². The molecule has 3 nitrogen and oxygen atoms in total. The number of hydrogen-bond acceptors (Lipinski definition) is 2. The van der Waals surface area contributed by atoms with E-state index in [0.717, 1.165) is 16.8 Å². The Balaban J connectivity index is 2.66. The van der Waals surface area contributed by atoms with Crippen molar-refractivity contribution in [2.75, 3.05) is 5.73 Å². The monoisotopic (exact) mass is 192 g/mol. The first kappa shape index (κ1) is 10.6. The second-order valence-corrected chi connectivity index (χ2v) is 3.32. The van der Waals surface area contributed by atoms with Crippen LogP contribution in [-0.4, -0.2) is 5.91 Å². The fraction of sp³-hybridized carbons (Fsp3) is 0.364. The van der Waals surface area contributed by atoms with Gasteiger partial charge in [0.05, 0.1) is 0 Å². The molecular formula is C11H16N2O. The van der Waals surface area contributed by atoms with Crippen LogP contribution in [-0.2, 0) is 11.3 Å². The molecule has 1 aromatic rings. The van der Waals surface area contributed by atoms with E-state index in [1.54, 1.807) is 0 Å². The first-order chi connectivity index (χ1) is 6.63.